The van der Waals surface area contributed by atoms with Crippen molar-refractivity contribution in [1.29, 1.82) is 0 Å². The molecule has 4 atom stereocenters. The molecule has 2 aliphatic carbocycles. The van der Waals surface area contributed by atoms with Crippen LogP contribution in [0.2, 0.25) is 0 Å². The Kier molecular flexibility index (Phi) is 6.34. The van der Waals surface area contributed by atoms with Crippen molar-refractivity contribution in [2.75, 3.05) is 0 Å². The number of fused-ring (bicyclic) bond motifs is 2. The third kappa shape index (κ3) is 4.34. The van der Waals surface area contributed by atoms with E-state index >= 15 is 0 Å². The lowest BCUT2D eigenvalue weighted by Crippen LogP contribution is -2.36. The molecule has 1 aromatic heterocycles. The molecule has 2 aliphatic heterocycles. The Hall–Kier alpha value is -3.05. The van der Waals surface area contributed by atoms with E-state index < -0.39 is 0 Å². The van der Waals surface area contributed by atoms with E-state index in [1.807, 2.05) is 0 Å². The quantitative estimate of drug-likeness (QED) is 0.438. The molecule has 36 heavy (non-hydrogen) atoms. The molecule has 0 radical (unpaired) electrons. The Morgan fingerprint density at radius 1 is 0.528 bits per heavy atom. The van der Waals surface area contributed by atoms with E-state index in [-0.39, 0.29) is 12.4 Å². The fraction of sp³-hybridized carbons (Fsp3) is 0.400. The second-order valence-corrected chi connectivity index (χ2v) is 10.5. The molecule has 0 amide bonds. The van der Waals surface area contributed by atoms with E-state index in [0.717, 1.165) is 45.4 Å². The lowest BCUT2D eigenvalue weighted by atomic mass is 9.92. The van der Waals surface area contributed by atoms with Gasteiger partial charge in [-0.1, -0.05) is 74.2 Å². The third-order valence-corrected chi connectivity index (χ3v) is 8.18. The van der Waals surface area contributed by atoms with Crippen LogP contribution in [0.3, 0.4) is 0 Å². The summed E-state index contributed by atoms with van der Waals surface area (Å²) in [6, 6.07) is 23.2. The van der Waals surface area contributed by atoms with Gasteiger partial charge in [-0.05, 0) is 37.8 Å². The molecule has 0 saturated heterocycles. The van der Waals surface area contributed by atoms with Gasteiger partial charge in [-0.3, -0.25) is 9.98 Å². The van der Waals surface area contributed by atoms with Gasteiger partial charge in [-0.15, -0.1) is 12.4 Å². The van der Waals surface area contributed by atoms with Crippen molar-refractivity contribution in [2.24, 2.45) is 9.98 Å². The third-order valence-electron chi connectivity index (χ3n) is 8.18. The maximum absolute atomic E-state index is 6.25. The highest BCUT2D eigenvalue weighted by atomic mass is 35.5. The van der Waals surface area contributed by atoms with Gasteiger partial charge in [0.1, 0.15) is 23.2 Å². The summed E-state index contributed by atoms with van der Waals surface area (Å²) in [5.74, 6) is 3.87. The number of nitrogens with zero attached hydrogens (tertiary/aromatic N) is 2. The first-order chi connectivity index (χ1) is 17.3. The van der Waals surface area contributed by atoms with Crippen molar-refractivity contribution >= 4 is 24.1 Å². The van der Waals surface area contributed by atoms with Crippen LogP contribution in [0, 0.1) is 0 Å². The van der Waals surface area contributed by atoms with Crippen LogP contribution in [0.15, 0.2) is 75.1 Å². The molecule has 3 heterocycles. The number of hydrogen-bond acceptors (Lipinski definition) is 5. The maximum atomic E-state index is 6.25. The number of amidine groups is 2. The molecule has 0 bridgehead atoms. The average Bonchev–Trinajstić information content (AvgIpc) is 3.67. The number of aliphatic imine (C=N–C) groups is 2. The highest BCUT2D eigenvalue weighted by Gasteiger charge is 2.32. The summed E-state index contributed by atoms with van der Waals surface area (Å²) in [7, 11) is 0. The zero-order valence-electron chi connectivity index (χ0n) is 20.5. The van der Waals surface area contributed by atoms with Gasteiger partial charge in [-0.25, -0.2) is 0 Å². The number of hydrogen-bond donors (Lipinski definition) is 2. The van der Waals surface area contributed by atoms with Crippen LogP contribution >= 0.6 is 12.4 Å². The van der Waals surface area contributed by atoms with Crippen molar-refractivity contribution < 1.29 is 4.42 Å². The fourth-order valence-corrected chi connectivity index (χ4v) is 6.17. The lowest BCUT2D eigenvalue weighted by Gasteiger charge is -2.23. The highest BCUT2D eigenvalue weighted by Crippen LogP contribution is 2.31. The van der Waals surface area contributed by atoms with E-state index in [1.54, 1.807) is 0 Å². The summed E-state index contributed by atoms with van der Waals surface area (Å²) in [6.45, 7) is 0. The summed E-state index contributed by atoms with van der Waals surface area (Å²) in [6.07, 6.45) is 10.1. The number of rotatable bonds is 4. The molecule has 2 fully saturated rings. The molecule has 2 saturated carbocycles. The van der Waals surface area contributed by atoms with Crippen molar-refractivity contribution in [1.82, 2.24) is 10.6 Å². The van der Waals surface area contributed by atoms with Gasteiger partial charge in [0.05, 0.1) is 12.1 Å². The normalized spacial score (nSPS) is 26.6. The highest BCUT2D eigenvalue weighted by molar-refractivity contribution is 6.01. The van der Waals surface area contributed by atoms with Crippen LogP contribution < -0.4 is 10.6 Å². The Bertz CT molecular complexity index is 1180. The predicted octanol–water partition coefficient (Wildman–Crippen LogP) is 6.36. The zero-order chi connectivity index (χ0) is 23.2. The van der Waals surface area contributed by atoms with Crippen molar-refractivity contribution in [2.45, 2.75) is 75.5 Å². The van der Waals surface area contributed by atoms with Gasteiger partial charge in [0.15, 0.2) is 0 Å². The van der Waals surface area contributed by atoms with Crippen LogP contribution in [-0.2, 0) is 0 Å². The second-order valence-electron chi connectivity index (χ2n) is 10.5. The fourth-order valence-electron chi connectivity index (χ4n) is 6.17. The predicted molar refractivity (Wildman–Crippen MR) is 148 cm³/mol. The van der Waals surface area contributed by atoms with Crippen LogP contribution in [0.1, 0.15) is 62.5 Å². The molecule has 3 aromatic rings. The van der Waals surface area contributed by atoms with Gasteiger partial charge in [-0.2, -0.15) is 0 Å². The summed E-state index contributed by atoms with van der Waals surface area (Å²) in [5.41, 5.74) is 4.49. The van der Waals surface area contributed by atoms with Gasteiger partial charge in [0.2, 0.25) is 0 Å². The lowest BCUT2D eigenvalue weighted by molar-refractivity contribution is 0.385. The van der Waals surface area contributed by atoms with Crippen molar-refractivity contribution in [3.63, 3.8) is 0 Å². The average molecular weight is 501 g/mol. The van der Waals surface area contributed by atoms with Gasteiger partial charge < -0.3 is 15.1 Å². The summed E-state index contributed by atoms with van der Waals surface area (Å²) in [4.78, 5) is 9.90. The molecule has 5 nitrogen and oxygen atoms in total. The first kappa shape index (κ1) is 23.4. The minimum atomic E-state index is 0. The van der Waals surface area contributed by atoms with Gasteiger partial charge in [0, 0.05) is 34.3 Å². The minimum Gasteiger partial charge on any atom is -0.456 e. The van der Waals surface area contributed by atoms with Crippen molar-refractivity contribution in [3.05, 3.63) is 71.8 Å². The Morgan fingerprint density at radius 2 is 0.917 bits per heavy atom. The summed E-state index contributed by atoms with van der Waals surface area (Å²) >= 11 is 0. The Morgan fingerprint density at radius 3 is 1.33 bits per heavy atom. The molecule has 2 aromatic carbocycles. The molecule has 2 N–H and O–H groups in total. The van der Waals surface area contributed by atoms with Crippen LogP contribution in [0.4, 0.5) is 0 Å². The van der Waals surface area contributed by atoms with Crippen LogP contribution in [0.5, 0.6) is 0 Å². The molecular formula is C30H33ClN4O. The van der Waals surface area contributed by atoms with Crippen molar-refractivity contribution in [3.8, 4) is 22.6 Å². The summed E-state index contributed by atoms with van der Waals surface area (Å²) in [5, 5.41) is 7.29. The van der Waals surface area contributed by atoms with Crippen LogP contribution in [0.25, 0.3) is 22.6 Å². The number of halogens is 1. The molecule has 4 unspecified atom stereocenters. The minimum absolute atomic E-state index is 0. The smallest absolute Gasteiger partial charge is 0.134 e. The zero-order valence-corrected chi connectivity index (χ0v) is 21.3. The van der Waals surface area contributed by atoms with E-state index in [9.17, 15) is 0 Å². The monoisotopic (exact) mass is 500 g/mol. The summed E-state index contributed by atoms with van der Waals surface area (Å²) < 4.78 is 6.25. The first-order valence-corrected chi connectivity index (χ1v) is 13.3. The van der Waals surface area contributed by atoms with E-state index in [2.05, 4.69) is 71.3 Å². The molecular weight excluding hydrogens is 468 g/mol. The molecule has 186 valence electrons. The van der Waals surface area contributed by atoms with E-state index in [0.29, 0.717) is 24.2 Å². The largest absolute Gasteiger partial charge is 0.456 e. The SMILES string of the molecule is Cl.c1cc(-c2ccc(-c3ccc(C4=NC5CCCCC5N4)cc3)o2)ccc1C1=NC2CCCCC2N1. The van der Waals surface area contributed by atoms with Gasteiger partial charge in [0.25, 0.3) is 0 Å². The molecule has 7 rings (SSSR count). The maximum Gasteiger partial charge on any atom is 0.134 e. The standard InChI is InChI=1S/C30H32N4O.ClH/c1-2-6-24-23(5-1)31-29(32-24)21-13-9-19(10-14-21)27-17-18-28(35-27)20-11-15-22(16-12-20)30-33-25-7-3-4-8-26(25)34-30;/h9-18,23-26H,1-8H2,(H,31,32)(H,33,34);1H. The Balaban J connectivity index is 0.00000240. The number of benzene rings is 2. The topological polar surface area (TPSA) is 61.9 Å². The van der Waals surface area contributed by atoms with E-state index in [1.165, 1.54) is 51.4 Å². The van der Waals surface area contributed by atoms with Gasteiger partial charge >= 0.3 is 0 Å². The Labute approximate surface area is 218 Å². The molecule has 0 spiro atoms. The number of furan rings is 1. The van der Waals surface area contributed by atoms with E-state index in [4.69, 9.17) is 14.4 Å². The van der Waals surface area contributed by atoms with Crippen LogP contribution in [-0.4, -0.2) is 35.8 Å². The molecule has 6 heteroatoms. The second kappa shape index (κ2) is 9.78. The first-order valence-electron chi connectivity index (χ1n) is 13.3. The molecule has 4 aliphatic rings. The number of nitrogens with one attached hydrogen (secondary N) is 2.